The summed E-state index contributed by atoms with van der Waals surface area (Å²) < 4.78 is 44.1. The zero-order chi connectivity index (χ0) is 21.2. The van der Waals surface area contributed by atoms with E-state index in [2.05, 4.69) is 10.9 Å². The number of halogens is 1. The highest BCUT2D eigenvalue weighted by atomic mass is 32.2. The third-order valence-electron chi connectivity index (χ3n) is 4.25. The SMILES string of the molecule is Cc1c(C(=O)NNC(=O)CN(C)S(=O)(=O)c2ccc(F)cc2)oc2ccccc12. The van der Waals surface area contributed by atoms with Crippen LogP contribution < -0.4 is 10.9 Å². The van der Waals surface area contributed by atoms with Crippen molar-refractivity contribution >= 4 is 32.8 Å². The lowest BCUT2D eigenvalue weighted by Crippen LogP contribution is -2.46. The zero-order valence-electron chi connectivity index (χ0n) is 15.6. The number of benzene rings is 2. The standard InChI is InChI=1S/C19H18FN3O5S/c1-12-15-5-3-4-6-16(15)28-18(12)19(25)22-21-17(24)11-23(2)29(26,27)14-9-7-13(20)8-10-14/h3-10H,11H2,1-2H3,(H,21,24)(H,22,25). The van der Waals surface area contributed by atoms with Crippen LogP contribution in [0.4, 0.5) is 4.39 Å². The quantitative estimate of drug-likeness (QED) is 0.615. The molecule has 2 aromatic carbocycles. The molecule has 8 nitrogen and oxygen atoms in total. The van der Waals surface area contributed by atoms with Crippen molar-refractivity contribution in [3.8, 4) is 0 Å². The Kier molecular flexibility index (Phi) is 5.66. The molecule has 3 rings (SSSR count). The molecule has 2 N–H and O–H groups in total. The lowest BCUT2D eigenvalue weighted by atomic mass is 10.1. The van der Waals surface area contributed by atoms with Crippen LogP contribution in [0.3, 0.4) is 0 Å². The summed E-state index contributed by atoms with van der Waals surface area (Å²) in [5.74, 6) is -1.97. The molecular weight excluding hydrogens is 401 g/mol. The van der Waals surface area contributed by atoms with Crippen LogP contribution in [0, 0.1) is 12.7 Å². The number of hydrogen-bond donors (Lipinski definition) is 2. The van der Waals surface area contributed by atoms with E-state index in [1.807, 2.05) is 6.07 Å². The molecule has 10 heteroatoms. The summed E-state index contributed by atoms with van der Waals surface area (Å²) in [7, 11) is -2.79. The smallest absolute Gasteiger partial charge is 0.305 e. The molecule has 0 fully saturated rings. The first kappa shape index (κ1) is 20.5. The first-order valence-electron chi connectivity index (χ1n) is 8.49. The Labute approximate surface area is 166 Å². The van der Waals surface area contributed by atoms with E-state index in [1.165, 1.54) is 7.05 Å². The first-order chi connectivity index (χ1) is 13.7. The van der Waals surface area contributed by atoms with Gasteiger partial charge in [-0.05, 0) is 37.3 Å². The summed E-state index contributed by atoms with van der Waals surface area (Å²) in [6.07, 6.45) is 0. The number of carbonyl (C=O) groups excluding carboxylic acids is 2. The van der Waals surface area contributed by atoms with Crippen LogP contribution in [0.15, 0.2) is 57.8 Å². The lowest BCUT2D eigenvalue weighted by molar-refractivity contribution is -0.121. The van der Waals surface area contributed by atoms with Crippen LogP contribution in [-0.4, -0.2) is 38.1 Å². The number of hydrazine groups is 1. The number of fused-ring (bicyclic) bond motifs is 1. The van der Waals surface area contributed by atoms with Crippen molar-refractivity contribution in [3.05, 3.63) is 65.7 Å². The Morgan fingerprint density at radius 1 is 1.07 bits per heavy atom. The minimum absolute atomic E-state index is 0.0405. The van der Waals surface area contributed by atoms with Crippen molar-refractivity contribution in [3.63, 3.8) is 0 Å². The normalized spacial score (nSPS) is 11.6. The molecule has 0 radical (unpaired) electrons. The number of sulfonamides is 1. The molecule has 0 saturated carbocycles. The molecular formula is C19H18FN3O5S. The van der Waals surface area contributed by atoms with Gasteiger partial charge in [0, 0.05) is 18.0 Å². The Morgan fingerprint density at radius 3 is 2.38 bits per heavy atom. The van der Waals surface area contributed by atoms with Crippen molar-refractivity contribution in [2.45, 2.75) is 11.8 Å². The molecule has 1 aromatic heterocycles. The van der Waals surface area contributed by atoms with E-state index < -0.39 is 34.2 Å². The highest BCUT2D eigenvalue weighted by Gasteiger charge is 2.24. The van der Waals surface area contributed by atoms with Gasteiger partial charge in [-0.15, -0.1) is 0 Å². The largest absolute Gasteiger partial charge is 0.451 e. The van der Waals surface area contributed by atoms with E-state index in [0.717, 1.165) is 34.0 Å². The number of nitrogens with zero attached hydrogens (tertiary/aromatic N) is 1. The summed E-state index contributed by atoms with van der Waals surface area (Å²) in [5.41, 5.74) is 5.50. The number of nitrogens with one attached hydrogen (secondary N) is 2. The second-order valence-electron chi connectivity index (χ2n) is 6.27. The summed E-state index contributed by atoms with van der Waals surface area (Å²) in [6, 6.07) is 11.3. The highest BCUT2D eigenvalue weighted by Crippen LogP contribution is 2.24. The Morgan fingerprint density at radius 2 is 1.72 bits per heavy atom. The number of rotatable bonds is 5. The third kappa shape index (κ3) is 4.28. The minimum atomic E-state index is -3.99. The van der Waals surface area contributed by atoms with Gasteiger partial charge in [0.05, 0.1) is 11.4 Å². The molecule has 29 heavy (non-hydrogen) atoms. The molecule has 0 bridgehead atoms. The predicted molar refractivity (Wildman–Crippen MR) is 103 cm³/mol. The fraction of sp³-hybridized carbons (Fsp3) is 0.158. The topological polar surface area (TPSA) is 109 Å². The van der Waals surface area contributed by atoms with E-state index in [0.29, 0.717) is 11.1 Å². The Bertz CT molecular complexity index is 1170. The predicted octanol–water partition coefficient (Wildman–Crippen LogP) is 1.96. The van der Waals surface area contributed by atoms with Gasteiger partial charge in [0.25, 0.3) is 5.91 Å². The fourth-order valence-corrected chi connectivity index (χ4v) is 3.81. The van der Waals surface area contributed by atoms with Gasteiger partial charge in [0.15, 0.2) is 5.76 Å². The van der Waals surface area contributed by atoms with Gasteiger partial charge in [-0.25, -0.2) is 12.8 Å². The number of para-hydroxylation sites is 1. The summed E-state index contributed by atoms with van der Waals surface area (Å²) in [5, 5.41) is 0.772. The summed E-state index contributed by atoms with van der Waals surface area (Å²) >= 11 is 0. The second-order valence-corrected chi connectivity index (χ2v) is 8.31. The summed E-state index contributed by atoms with van der Waals surface area (Å²) in [6.45, 7) is 1.16. The molecule has 0 atom stereocenters. The molecule has 1 heterocycles. The second kappa shape index (κ2) is 8.02. The molecule has 0 saturated heterocycles. The number of amides is 2. The van der Waals surface area contributed by atoms with Crippen LogP contribution in [0.25, 0.3) is 11.0 Å². The lowest BCUT2D eigenvalue weighted by Gasteiger charge is -2.17. The molecule has 0 aliphatic carbocycles. The fourth-order valence-electron chi connectivity index (χ4n) is 2.69. The van der Waals surface area contributed by atoms with Gasteiger partial charge < -0.3 is 4.42 Å². The van der Waals surface area contributed by atoms with E-state index in [-0.39, 0.29) is 10.7 Å². The van der Waals surface area contributed by atoms with E-state index in [9.17, 15) is 22.4 Å². The molecule has 2 amide bonds. The number of carbonyl (C=O) groups is 2. The van der Waals surface area contributed by atoms with Crippen LogP contribution in [0.5, 0.6) is 0 Å². The molecule has 152 valence electrons. The molecule has 3 aromatic rings. The van der Waals surface area contributed by atoms with E-state index in [1.54, 1.807) is 25.1 Å². The highest BCUT2D eigenvalue weighted by molar-refractivity contribution is 7.89. The molecule has 0 unspecified atom stereocenters. The number of aryl methyl sites for hydroxylation is 1. The maximum Gasteiger partial charge on any atom is 0.305 e. The Balaban J connectivity index is 1.62. The van der Waals surface area contributed by atoms with Gasteiger partial charge in [0.1, 0.15) is 11.4 Å². The summed E-state index contributed by atoms with van der Waals surface area (Å²) in [4.78, 5) is 24.2. The maximum absolute atomic E-state index is 13.0. The van der Waals surface area contributed by atoms with Gasteiger partial charge in [0.2, 0.25) is 10.0 Å². The van der Waals surface area contributed by atoms with Crippen molar-refractivity contribution in [1.29, 1.82) is 0 Å². The Hall–Kier alpha value is -3.24. The van der Waals surface area contributed by atoms with Crippen molar-refractivity contribution in [1.82, 2.24) is 15.2 Å². The van der Waals surface area contributed by atoms with Crippen LogP contribution >= 0.6 is 0 Å². The van der Waals surface area contributed by atoms with Gasteiger partial charge >= 0.3 is 5.91 Å². The average Bonchev–Trinajstić information content (AvgIpc) is 3.03. The van der Waals surface area contributed by atoms with Gasteiger partial charge in [-0.1, -0.05) is 18.2 Å². The zero-order valence-corrected chi connectivity index (χ0v) is 16.4. The minimum Gasteiger partial charge on any atom is -0.451 e. The van der Waals surface area contributed by atoms with Crippen LogP contribution in [-0.2, 0) is 14.8 Å². The molecule has 0 aliphatic rings. The third-order valence-corrected chi connectivity index (χ3v) is 6.07. The van der Waals surface area contributed by atoms with Crippen molar-refractivity contribution in [2.75, 3.05) is 13.6 Å². The van der Waals surface area contributed by atoms with Gasteiger partial charge in [-0.2, -0.15) is 4.31 Å². The van der Waals surface area contributed by atoms with Gasteiger partial charge in [-0.3, -0.25) is 20.4 Å². The average molecular weight is 419 g/mol. The van der Waals surface area contributed by atoms with Crippen molar-refractivity contribution in [2.24, 2.45) is 0 Å². The maximum atomic E-state index is 13.0. The first-order valence-corrected chi connectivity index (χ1v) is 9.93. The van der Waals surface area contributed by atoms with E-state index in [4.69, 9.17) is 4.42 Å². The monoisotopic (exact) mass is 419 g/mol. The van der Waals surface area contributed by atoms with Crippen molar-refractivity contribution < 1.29 is 26.8 Å². The molecule has 0 aliphatic heterocycles. The van der Waals surface area contributed by atoms with Crippen LogP contribution in [0.1, 0.15) is 16.1 Å². The number of hydrogen-bond acceptors (Lipinski definition) is 5. The molecule has 0 spiro atoms. The number of furan rings is 1. The van der Waals surface area contributed by atoms with E-state index >= 15 is 0 Å². The van der Waals surface area contributed by atoms with Crippen LogP contribution in [0.2, 0.25) is 0 Å². The number of likely N-dealkylation sites (N-methyl/N-ethyl adjacent to an activating group) is 1.